The molecule has 1 fully saturated rings. The maximum Gasteiger partial charge on any atom is 0.335 e. The second kappa shape index (κ2) is 11.3. The first-order valence-corrected chi connectivity index (χ1v) is 18.9. The second-order valence-electron chi connectivity index (χ2n) is 11.0. The van der Waals surface area contributed by atoms with Crippen LogP contribution in [0.25, 0.3) is 0 Å². The van der Waals surface area contributed by atoms with E-state index < -0.39 is 27.1 Å². The van der Waals surface area contributed by atoms with Crippen LogP contribution in [0.1, 0.15) is 47.2 Å². The summed E-state index contributed by atoms with van der Waals surface area (Å²) in [7, 11) is -6.88. The van der Waals surface area contributed by atoms with Crippen molar-refractivity contribution in [2.75, 3.05) is 0 Å². The minimum atomic E-state index is -2.89. The molecule has 0 radical (unpaired) electrons. The van der Waals surface area contributed by atoms with Gasteiger partial charge >= 0.3 is 17.1 Å². The fourth-order valence-electron chi connectivity index (χ4n) is 5.76. The third kappa shape index (κ3) is 5.57. The summed E-state index contributed by atoms with van der Waals surface area (Å²) < 4.78 is 21.5. The van der Waals surface area contributed by atoms with Crippen LogP contribution in [0.3, 0.4) is 0 Å². The number of rotatable bonds is 8. The van der Waals surface area contributed by atoms with Crippen LogP contribution in [0.5, 0.6) is 0 Å². The van der Waals surface area contributed by atoms with Gasteiger partial charge in [0.05, 0.1) is 0 Å². The first-order valence-electron chi connectivity index (χ1n) is 13.5. The Morgan fingerprint density at radius 3 is 1.63 bits per heavy atom. The van der Waals surface area contributed by atoms with Gasteiger partial charge in [-0.3, -0.25) is 0 Å². The molecule has 1 saturated heterocycles. The van der Waals surface area contributed by atoms with Gasteiger partial charge in [-0.25, -0.2) is 0 Å². The van der Waals surface area contributed by atoms with Gasteiger partial charge in [-0.1, -0.05) is 123 Å². The van der Waals surface area contributed by atoms with Crippen molar-refractivity contribution in [3.05, 3.63) is 143 Å². The first kappa shape index (κ1) is 27.0. The van der Waals surface area contributed by atoms with Gasteiger partial charge in [0.2, 0.25) is 0 Å². The van der Waals surface area contributed by atoms with Gasteiger partial charge < -0.3 is 12.3 Å². The van der Waals surface area contributed by atoms with Crippen LogP contribution in [0.4, 0.5) is 0 Å². The highest BCUT2D eigenvalue weighted by atomic mass is 28.5. The maximum absolute atomic E-state index is 7.66. The molecular weight excluding hydrogens is 517 g/mol. The van der Waals surface area contributed by atoms with Crippen LogP contribution in [-0.4, -0.2) is 27.1 Å². The Balaban J connectivity index is 1.64. The molecule has 38 heavy (non-hydrogen) atoms. The van der Waals surface area contributed by atoms with Crippen LogP contribution in [0.2, 0.25) is 0 Å². The van der Waals surface area contributed by atoms with E-state index in [1.807, 2.05) is 0 Å². The van der Waals surface area contributed by atoms with E-state index in [1.54, 1.807) is 0 Å². The van der Waals surface area contributed by atoms with Crippen LogP contribution in [0.15, 0.2) is 109 Å². The zero-order chi connectivity index (χ0) is 26.6. The molecule has 0 bridgehead atoms. The van der Waals surface area contributed by atoms with Crippen LogP contribution in [-0.2, 0) is 35.5 Å². The van der Waals surface area contributed by atoms with Gasteiger partial charge in [0.1, 0.15) is 0 Å². The molecule has 0 aromatic heterocycles. The number of hydrogen-bond acceptors (Lipinski definition) is 3. The van der Waals surface area contributed by atoms with E-state index >= 15 is 0 Å². The van der Waals surface area contributed by atoms with E-state index in [9.17, 15) is 0 Å². The summed E-state index contributed by atoms with van der Waals surface area (Å²) in [6.45, 7) is 9.15. The summed E-state index contributed by atoms with van der Waals surface area (Å²) in [5.41, 5.74) is 7.79. The Morgan fingerprint density at radius 2 is 1.11 bits per heavy atom. The molecule has 0 spiro atoms. The standard InChI is InChI=1S/C32H38O3Si3/c1-26-15-14-22-31(27(26)2)32(3,4)38(25-30-20-12-7-13-21-30)34-36-33-37(35-38,23-28-16-8-5-9-17-28)24-29-18-10-6-11-19-29/h5-22H,23-25,36H2,1-4H3. The van der Waals surface area contributed by atoms with Gasteiger partial charge in [0.25, 0.3) is 10.0 Å². The Hall–Kier alpha value is -2.59. The molecule has 5 rings (SSSR count). The van der Waals surface area contributed by atoms with Crippen molar-refractivity contribution in [1.82, 2.24) is 0 Å². The molecule has 3 nitrogen and oxygen atoms in total. The smallest absolute Gasteiger partial charge is 0.335 e. The zero-order valence-electron chi connectivity index (χ0n) is 22.9. The molecule has 6 heteroatoms. The van der Waals surface area contributed by atoms with Crippen molar-refractivity contribution >= 4 is 27.1 Å². The highest BCUT2D eigenvalue weighted by Gasteiger charge is 2.61. The lowest BCUT2D eigenvalue weighted by molar-refractivity contribution is 0.222. The molecule has 0 amide bonds. The summed E-state index contributed by atoms with van der Waals surface area (Å²) in [5, 5.41) is -0.276. The zero-order valence-corrected chi connectivity index (χ0v) is 26.4. The fourth-order valence-corrected chi connectivity index (χ4v) is 20.4. The number of aryl methyl sites for hydroxylation is 1. The summed E-state index contributed by atoms with van der Waals surface area (Å²) in [4.78, 5) is 0. The predicted molar refractivity (Wildman–Crippen MR) is 163 cm³/mol. The Bertz CT molecular complexity index is 1310. The van der Waals surface area contributed by atoms with E-state index in [1.165, 1.54) is 33.4 Å². The average Bonchev–Trinajstić information content (AvgIpc) is 2.92. The maximum atomic E-state index is 7.66. The summed E-state index contributed by atoms with van der Waals surface area (Å²) in [5.74, 6) is 0. The van der Waals surface area contributed by atoms with Crippen molar-refractivity contribution in [3.8, 4) is 0 Å². The van der Waals surface area contributed by atoms with Crippen molar-refractivity contribution in [1.29, 1.82) is 0 Å². The van der Waals surface area contributed by atoms with Crippen LogP contribution in [0, 0.1) is 13.8 Å². The quantitative estimate of drug-likeness (QED) is 0.236. The summed E-state index contributed by atoms with van der Waals surface area (Å²) in [6, 6.07) is 41.3. The second-order valence-corrected chi connectivity index (χ2v) is 20.0. The molecule has 4 aromatic rings. The minimum absolute atomic E-state index is 0.276. The van der Waals surface area contributed by atoms with E-state index in [0.717, 1.165) is 18.1 Å². The number of hydrogen-bond donors (Lipinski definition) is 0. The molecule has 1 aliphatic heterocycles. The SMILES string of the molecule is Cc1cccc(C(C)(C)[Si]2(Cc3ccccc3)O[SiH2]O[Si](Cc3ccccc3)(Cc3ccccc3)O2)c1C. The van der Waals surface area contributed by atoms with Gasteiger partial charge in [0.15, 0.2) is 0 Å². The van der Waals surface area contributed by atoms with E-state index in [-0.39, 0.29) is 5.04 Å². The Kier molecular flexibility index (Phi) is 8.00. The minimum Gasteiger partial charge on any atom is -0.420 e. The van der Waals surface area contributed by atoms with Crippen LogP contribution >= 0.6 is 0 Å². The third-order valence-corrected chi connectivity index (χ3v) is 20.8. The molecule has 0 N–H and O–H groups in total. The Labute approximate surface area is 232 Å². The molecular formula is C32H38O3Si3. The molecule has 4 aromatic carbocycles. The largest absolute Gasteiger partial charge is 0.420 e. The normalized spacial score (nSPS) is 19.9. The van der Waals surface area contributed by atoms with Gasteiger partial charge in [0, 0.05) is 23.2 Å². The van der Waals surface area contributed by atoms with Gasteiger partial charge in [-0.05, 0) is 47.2 Å². The van der Waals surface area contributed by atoms with E-state index in [4.69, 9.17) is 12.3 Å². The van der Waals surface area contributed by atoms with E-state index in [0.29, 0.717) is 0 Å². The van der Waals surface area contributed by atoms with Crippen LogP contribution < -0.4 is 0 Å². The van der Waals surface area contributed by atoms with Gasteiger partial charge in [-0.2, -0.15) is 0 Å². The number of benzene rings is 4. The monoisotopic (exact) mass is 554 g/mol. The van der Waals surface area contributed by atoms with Crippen molar-refractivity contribution in [3.63, 3.8) is 0 Å². The van der Waals surface area contributed by atoms with E-state index in [2.05, 4.69) is 137 Å². The topological polar surface area (TPSA) is 27.7 Å². The predicted octanol–water partition coefficient (Wildman–Crippen LogP) is 6.41. The lowest BCUT2D eigenvalue weighted by Gasteiger charge is -2.52. The first-order chi connectivity index (χ1) is 18.3. The lowest BCUT2D eigenvalue weighted by Crippen LogP contribution is -2.71. The molecule has 1 heterocycles. The summed E-state index contributed by atoms with van der Waals surface area (Å²) in [6.07, 6.45) is 0. The average molecular weight is 555 g/mol. The Morgan fingerprint density at radius 1 is 0.605 bits per heavy atom. The van der Waals surface area contributed by atoms with Crippen molar-refractivity contribution in [2.45, 2.75) is 50.9 Å². The third-order valence-electron chi connectivity index (χ3n) is 8.11. The molecule has 0 saturated carbocycles. The molecule has 196 valence electrons. The highest BCUT2D eigenvalue weighted by molar-refractivity contribution is 6.87. The van der Waals surface area contributed by atoms with Crippen molar-refractivity contribution < 1.29 is 12.3 Å². The van der Waals surface area contributed by atoms with Crippen molar-refractivity contribution in [2.24, 2.45) is 0 Å². The molecule has 1 atom stereocenters. The summed E-state index contributed by atoms with van der Waals surface area (Å²) >= 11 is 0. The van der Waals surface area contributed by atoms with Gasteiger partial charge in [-0.15, -0.1) is 0 Å². The molecule has 1 aliphatic rings. The lowest BCUT2D eigenvalue weighted by atomic mass is 9.94. The molecule has 1 unspecified atom stereocenters. The fraction of sp³-hybridized carbons (Fsp3) is 0.250. The highest BCUT2D eigenvalue weighted by Crippen LogP contribution is 2.43. The molecule has 0 aliphatic carbocycles.